The first kappa shape index (κ1) is 9.09. The van der Waals surface area contributed by atoms with Crippen molar-refractivity contribution in [2.75, 3.05) is 0 Å². The molecule has 0 aromatic rings. The maximum atomic E-state index is 10.6. The molecule has 3 nitrogen and oxygen atoms in total. The Labute approximate surface area is 80.2 Å². The fourth-order valence-corrected chi connectivity index (χ4v) is 2.49. The summed E-state index contributed by atoms with van der Waals surface area (Å²) in [5.41, 5.74) is 5.05. The molecule has 1 saturated carbocycles. The minimum absolute atomic E-state index is 0.0537. The first-order chi connectivity index (χ1) is 5.12. The summed E-state index contributed by atoms with van der Waals surface area (Å²) in [6, 6.07) is -0.402. The second kappa shape index (κ2) is 3.60. The Morgan fingerprint density at radius 1 is 1.36 bits per heavy atom. The summed E-state index contributed by atoms with van der Waals surface area (Å²) in [6.45, 7) is 0. The van der Waals surface area contributed by atoms with Gasteiger partial charge in [-0.3, -0.25) is 0 Å². The number of nitrogens with one attached hydrogen (secondary N) is 1. The zero-order chi connectivity index (χ0) is 8.32. The summed E-state index contributed by atoms with van der Waals surface area (Å²) in [4.78, 5) is 10.6. The summed E-state index contributed by atoms with van der Waals surface area (Å²) < 4.78 is -0.0537. The van der Waals surface area contributed by atoms with Crippen LogP contribution in [0, 0.1) is 0 Å². The summed E-state index contributed by atoms with van der Waals surface area (Å²) in [5.74, 6) is 0. The van der Waals surface area contributed by atoms with Gasteiger partial charge in [-0.1, -0.05) is 41.9 Å². The lowest BCUT2D eigenvalue weighted by molar-refractivity contribution is 0.239. The Bertz CT molecular complexity index is 155. The molecular weight excluding hydrogens is 255 g/mol. The maximum absolute atomic E-state index is 10.6. The molecule has 1 aliphatic carbocycles. The van der Waals surface area contributed by atoms with Gasteiger partial charge in [-0.2, -0.15) is 0 Å². The number of urea groups is 1. The molecule has 0 aromatic heterocycles. The van der Waals surface area contributed by atoms with Gasteiger partial charge < -0.3 is 11.1 Å². The van der Waals surface area contributed by atoms with Gasteiger partial charge in [0.2, 0.25) is 0 Å². The van der Waals surface area contributed by atoms with Gasteiger partial charge in [-0.25, -0.2) is 4.79 Å². The number of rotatable bonds is 1. The Morgan fingerprint density at radius 2 is 1.91 bits per heavy atom. The van der Waals surface area contributed by atoms with Gasteiger partial charge in [0.05, 0.1) is 3.55 Å². The van der Waals surface area contributed by atoms with Crippen LogP contribution in [0.1, 0.15) is 32.1 Å². The van der Waals surface area contributed by atoms with Crippen molar-refractivity contribution in [3.8, 4) is 0 Å². The van der Waals surface area contributed by atoms with E-state index in [4.69, 9.17) is 5.73 Å². The van der Waals surface area contributed by atoms with Gasteiger partial charge in [0.1, 0.15) is 0 Å². The van der Waals surface area contributed by atoms with E-state index in [9.17, 15) is 4.79 Å². The molecule has 0 heterocycles. The number of carbonyl (C=O) groups excluding carboxylic acids is 1. The third-order valence-electron chi connectivity index (χ3n) is 1.99. The molecule has 0 spiro atoms. The topological polar surface area (TPSA) is 55.1 Å². The van der Waals surface area contributed by atoms with E-state index in [1.165, 1.54) is 19.3 Å². The number of amides is 2. The SMILES string of the molecule is NC(=O)NC1(I)CCCCC1. The lowest BCUT2D eigenvalue weighted by atomic mass is 9.95. The second-order valence-electron chi connectivity index (χ2n) is 3.02. The first-order valence-corrected chi connectivity index (χ1v) is 4.97. The van der Waals surface area contributed by atoms with Crippen LogP contribution in [0.15, 0.2) is 0 Å². The van der Waals surface area contributed by atoms with Crippen LogP contribution < -0.4 is 11.1 Å². The fourth-order valence-electron chi connectivity index (χ4n) is 1.46. The largest absolute Gasteiger partial charge is 0.352 e. The van der Waals surface area contributed by atoms with Gasteiger partial charge in [0.25, 0.3) is 0 Å². The van der Waals surface area contributed by atoms with Crippen LogP contribution in [-0.4, -0.2) is 9.58 Å². The molecule has 11 heavy (non-hydrogen) atoms. The molecule has 3 N–H and O–H groups in total. The van der Waals surface area contributed by atoms with E-state index in [1.807, 2.05) is 0 Å². The quantitative estimate of drug-likeness (QED) is 0.425. The number of hydrogen-bond acceptors (Lipinski definition) is 1. The van der Waals surface area contributed by atoms with Gasteiger partial charge in [-0.05, 0) is 12.8 Å². The van der Waals surface area contributed by atoms with Gasteiger partial charge in [0.15, 0.2) is 0 Å². The molecule has 0 atom stereocenters. The van der Waals surface area contributed by atoms with Gasteiger partial charge in [0, 0.05) is 0 Å². The van der Waals surface area contributed by atoms with Gasteiger partial charge >= 0.3 is 6.03 Å². The van der Waals surface area contributed by atoms with Crippen LogP contribution >= 0.6 is 22.6 Å². The molecule has 0 bridgehead atoms. The van der Waals surface area contributed by atoms with Crippen molar-refractivity contribution in [1.82, 2.24) is 5.32 Å². The lowest BCUT2D eigenvalue weighted by Gasteiger charge is -2.31. The molecule has 0 aliphatic heterocycles. The van der Waals surface area contributed by atoms with Crippen LogP contribution in [0.4, 0.5) is 4.79 Å². The van der Waals surface area contributed by atoms with Crippen molar-refractivity contribution in [1.29, 1.82) is 0 Å². The van der Waals surface area contributed by atoms with Crippen LogP contribution in [0.3, 0.4) is 0 Å². The number of alkyl halides is 1. The normalized spacial score (nSPS) is 22.6. The van der Waals surface area contributed by atoms with E-state index >= 15 is 0 Å². The van der Waals surface area contributed by atoms with E-state index in [0.717, 1.165) is 12.8 Å². The molecule has 1 fully saturated rings. The van der Waals surface area contributed by atoms with Crippen LogP contribution in [-0.2, 0) is 0 Å². The Balaban J connectivity index is 2.43. The molecule has 0 aromatic carbocycles. The van der Waals surface area contributed by atoms with Crippen molar-refractivity contribution in [3.63, 3.8) is 0 Å². The lowest BCUT2D eigenvalue weighted by Crippen LogP contribution is -2.47. The van der Waals surface area contributed by atoms with Crippen LogP contribution in [0.25, 0.3) is 0 Å². The Morgan fingerprint density at radius 3 is 2.36 bits per heavy atom. The van der Waals surface area contributed by atoms with Gasteiger partial charge in [-0.15, -0.1) is 0 Å². The average molecular weight is 268 g/mol. The number of nitrogens with two attached hydrogens (primary N) is 1. The summed E-state index contributed by atoms with van der Waals surface area (Å²) in [7, 11) is 0. The second-order valence-corrected chi connectivity index (χ2v) is 5.08. The van der Waals surface area contributed by atoms with Crippen LogP contribution in [0.5, 0.6) is 0 Å². The molecule has 0 unspecified atom stereocenters. The first-order valence-electron chi connectivity index (χ1n) is 3.89. The standard InChI is InChI=1S/C7H13IN2O/c8-7(10-6(9)11)4-2-1-3-5-7/h1-5H2,(H3,9,10,11). The molecule has 1 aliphatic rings. The highest BCUT2D eigenvalue weighted by atomic mass is 127. The predicted molar refractivity (Wildman–Crippen MR) is 52.6 cm³/mol. The Hall–Kier alpha value is 0. The van der Waals surface area contributed by atoms with Crippen molar-refractivity contribution in [3.05, 3.63) is 0 Å². The van der Waals surface area contributed by atoms with Crippen molar-refractivity contribution >= 4 is 28.6 Å². The maximum Gasteiger partial charge on any atom is 0.313 e. The van der Waals surface area contributed by atoms with E-state index < -0.39 is 6.03 Å². The molecular formula is C7H13IN2O. The van der Waals surface area contributed by atoms with E-state index in [0.29, 0.717) is 0 Å². The fraction of sp³-hybridized carbons (Fsp3) is 0.857. The zero-order valence-electron chi connectivity index (χ0n) is 6.40. The molecule has 4 heteroatoms. The Kier molecular flexibility index (Phi) is 2.98. The monoisotopic (exact) mass is 268 g/mol. The highest BCUT2D eigenvalue weighted by Gasteiger charge is 2.29. The molecule has 64 valence electrons. The van der Waals surface area contributed by atoms with E-state index in [1.54, 1.807) is 0 Å². The minimum Gasteiger partial charge on any atom is -0.352 e. The summed E-state index contributed by atoms with van der Waals surface area (Å²) in [5, 5.41) is 2.78. The number of primary amides is 1. The highest BCUT2D eigenvalue weighted by molar-refractivity contribution is 14.1. The molecule has 1 rings (SSSR count). The third kappa shape index (κ3) is 2.84. The molecule has 0 saturated heterocycles. The van der Waals surface area contributed by atoms with Crippen molar-refractivity contribution in [2.24, 2.45) is 5.73 Å². The summed E-state index contributed by atoms with van der Waals surface area (Å²) in [6.07, 6.45) is 5.78. The van der Waals surface area contributed by atoms with Crippen LogP contribution in [0.2, 0.25) is 0 Å². The zero-order valence-corrected chi connectivity index (χ0v) is 8.56. The minimum atomic E-state index is -0.402. The van der Waals surface area contributed by atoms with Crippen molar-refractivity contribution < 1.29 is 4.79 Å². The van der Waals surface area contributed by atoms with E-state index in [-0.39, 0.29) is 3.55 Å². The third-order valence-corrected chi connectivity index (χ3v) is 3.34. The highest BCUT2D eigenvalue weighted by Crippen LogP contribution is 2.33. The van der Waals surface area contributed by atoms with E-state index in [2.05, 4.69) is 27.9 Å². The molecule has 0 radical (unpaired) electrons. The smallest absolute Gasteiger partial charge is 0.313 e. The number of carbonyl (C=O) groups is 1. The summed E-state index contributed by atoms with van der Waals surface area (Å²) >= 11 is 2.29. The number of hydrogen-bond donors (Lipinski definition) is 2. The number of halogens is 1. The van der Waals surface area contributed by atoms with Crippen molar-refractivity contribution in [2.45, 2.75) is 35.6 Å². The average Bonchev–Trinajstić information content (AvgIpc) is 1.85. The molecule has 2 amide bonds. The predicted octanol–water partition coefficient (Wildman–Crippen LogP) is 1.75.